The summed E-state index contributed by atoms with van der Waals surface area (Å²) in [6, 6.07) is 16.8. The molecule has 1 heterocycles. The molecule has 0 aliphatic carbocycles. The zero-order valence-corrected chi connectivity index (χ0v) is 19.0. The van der Waals surface area contributed by atoms with Crippen LogP contribution < -0.4 is 10.0 Å². The first kappa shape index (κ1) is 23.2. The van der Waals surface area contributed by atoms with Gasteiger partial charge in [-0.25, -0.2) is 13.1 Å². The average Bonchev–Trinajstić information content (AvgIpc) is 2.80. The molecule has 0 unspecified atom stereocenters. The predicted molar refractivity (Wildman–Crippen MR) is 129 cm³/mol. The molecule has 0 bridgehead atoms. The summed E-state index contributed by atoms with van der Waals surface area (Å²) < 4.78 is 29.3. The van der Waals surface area contributed by atoms with Crippen LogP contribution in [-0.4, -0.2) is 52.5 Å². The lowest BCUT2D eigenvalue weighted by molar-refractivity contribution is -0.112. The van der Waals surface area contributed by atoms with Crippen LogP contribution in [0.3, 0.4) is 0 Å². The Morgan fingerprint density at radius 1 is 1.06 bits per heavy atom. The summed E-state index contributed by atoms with van der Waals surface area (Å²) >= 11 is 0. The quantitative estimate of drug-likeness (QED) is 0.435. The van der Waals surface area contributed by atoms with Gasteiger partial charge in [0.25, 0.3) is 5.91 Å². The molecule has 2 N–H and O–H groups in total. The molecule has 1 amide bonds. The summed E-state index contributed by atoms with van der Waals surface area (Å²) in [5.74, 6) is -0.799. The van der Waals surface area contributed by atoms with E-state index in [0.29, 0.717) is 41.5 Å². The first-order valence-electron chi connectivity index (χ1n) is 10.7. The highest BCUT2D eigenvalue weighted by Crippen LogP contribution is 2.30. The van der Waals surface area contributed by atoms with Crippen molar-refractivity contribution in [2.45, 2.75) is 24.3 Å². The van der Waals surface area contributed by atoms with Gasteiger partial charge in [-0.05, 0) is 50.2 Å². The topological polar surface area (TPSA) is 95.6 Å². The van der Waals surface area contributed by atoms with E-state index in [4.69, 9.17) is 7.98 Å². The van der Waals surface area contributed by atoms with Crippen LogP contribution in [-0.2, 0) is 14.8 Å². The molecule has 33 heavy (non-hydrogen) atoms. The number of amides is 1. The highest BCUT2D eigenvalue weighted by molar-refractivity contribution is 7.89. The van der Waals surface area contributed by atoms with Gasteiger partial charge in [-0.1, -0.05) is 42.5 Å². The van der Waals surface area contributed by atoms with Crippen LogP contribution in [0, 0.1) is 12.8 Å². The van der Waals surface area contributed by atoms with Gasteiger partial charge in [0, 0.05) is 34.0 Å². The number of carbonyl (C=O) groups excluding carboxylic acids is 2. The van der Waals surface area contributed by atoms with Gasteiger partial charge in [0.05, 0.1) is 4.90 Å². The van der Waals surface area contributed by atoms with E-state index in [0.717, 1.165) is 11.8 Å². The van der Waals surface area contributed by atoms with E-state index in [9.17, 15) is 18.0 Å². The largest absolute Gasteiger partial charge is 0.353 e. The first-order chi connectivity index (χ1) is 15.8. The fourth-order valence-electron chi connectivity index (χ4n) is 4.19. The number of rotatable bonds is 6. The molecule has 3 aromatic carbocycles. The number of aryl methyl sites for hydroxylation is 1. The van der Waals surface area contributed by atoms with E-state index in [2.05, 4.69) is 10.0 Å². The number of carbonyl (C=O) groups is 2. The summed E-state index contributed by atoms with van der Waals surface area (Å²) in [5, 5.41) is 3.98. The molecular formula is C24H24BN3O4S. The summed E-state index contributed by atoms with van der Waals surface area (Å²) in [5.41, 5.74) is 1.90. The fraction of sp³-hybridized carbons (Fsp3) is 0.250. The van der Waals surface area contributed by atoms with Crippen molar-refractivity contribution in [1.29, 1.82) is 0 Å². The van der Waals surface area contributed by atoms with Crippen LogP contribution in [0.4, 0.5) is 5.69 Å². The molecule has 0 spiro atoms. The normalized spacial score (nSPS) is 19.3. The SMILES string of the molecule is [B]N1CC[C@H](NS(=O)(=O)c2ccc(NC(=O)c3ccccc3C)c3ccccc23)[C@@H](C=O)C1. The Morgan fingerprint density at radius 2 is 1.76 bits per heavy atom. The number of nitrogens with zero attached hydrogens (tertiary/aromatic N) is 1. The van der Waals surface area contributed by atoms with Crippen LogP contribution >= 0.6 is 0 Å². The minimum Gasteiger partial charge on any atom is -0.353 e. The van der Waals surface area contributed by atoms with Crippen molar-refractivity contribution in [3.63, 3.8) is 0 Å². The molecule has 7 nitrogen and oxygen atoms in total. The third kappa shape index (κ3) is 4.85. The first-order valence-corrected chi connectivity index (χ1v) is 12.1. The van der Waals surface area contributed by atoms with Crippen molar-refractivity contribution in [2.75, 3.05) is 18.4 Å². The van der Waals surface area contributed by atoms with Crippen LogP contribution in [0.1, 0.15) is 22.3 Å². The van der Waals surface area contributed by atoms with Gasteiger partial charge in [0.1, 0.15) is 6.29 Å². The Kier molecular flexibility index (Phi) is 6.64. The highest BCUT2D eigenvalue weighted by Gasteiger charge is 2.31. The number of aldehydes is 1. The summed E-state index contributed by atoms with van der Waals surface area (Å²) in [7, 11) is 1.85. The molecule has 0 saturated carbocycles. The number of anilines is 1. The van der Waals surface area contributed by atoms with Gasteiger partial charge in [-0.15, -0.1) is 0 Å². The lowest BCUT2D eigenvalue weighted by Crippen LogP contribution is -2.50. The third-order valence-electron chi connectivity index (χ3n) is 5.98. The predicted octanol–water partition coefficient (Wildman–Crippen LogP) is 2.65. The Balaban J connectivity index is 1.67. The number of benzene rings is 3. The van der Waals surface area contributed by atoms with Gasteiger partial charge in [-0.2, -0.15) is 0 Å². The zero-order chi connectivity index (χ0) is 23.6. The Labute approximate surface area is 194 Å². The van der Waals surface area contributed by atoms with E-state index < -0.39 is 22.0 Å². The molecule has 1 saturated heterocycles. The second-order valence-electron chi connectivity index (χ2n) is 8.24. The molecular weight excluding hydrogens is 437 g/mol. The van der Waals surface area contributed by atoms with Crippen LogP contribution in [0.15, 0.2) is 65.6 Å². The number of piperidine rings is 1. The minimum atomic E-state index is -3.93. The smallest absolute Gasteiger partial charge is 0.255 e. The van der Waals surface area contributed by atoms with Gasteiger partial charge < -0.3 is 14.9 Å². The number of hydrogen-bond acceptors (Lipinski definition) is 5. The van der Waals surface area contributed by atoms with E-state index in [1.165, 1.54) is 10.9 Å². The van der Waals surface area contributed by atoms with E-state index in [1.807, 2.05) is 19.1 Å². The van der Waals surface area contributed by atoms with Crippen LogP contribution in [0.2, 0.25) is 0 Å². The van der Waals surface area contributed by atoms with Gasteiger partial charge in [0.2, 0.25) is 10.0 Å². The second-order valence-corrected chi connectivity index (χ2v) is 9.92. The number of sulfonamides is 1. The Bertz CT molecular complexity index is 1310. The molecule has 1 fully saturated rings. The molecule has 4 rings (SSSR count). The fourth-order valence-corrected chi connectivity index (χ4v) is 5.72. The minimum absolute atomic E-state index is 0.0896. The maximum absolute atomic E-state index is 13.3. The number of hydrogen-bond donors (Lipinski definition) is 2. The standard InChI is InChI=1S/C24H24BN3O4S/c1-16-6-2-3-7-18(16)24(30)26-22-10-11-23(20-9-5-4-8-19(20)22)33(31,32)27-21-12-13-28(25)14-17(21)15-29/h2-11,15,17,21,27H,12-14H2,1H3,(H,26,30)/t17-,21+/m1/s1. The summed E-state index contributed by atoms with van der Waals surface area (Å²) in [6.45, 7) is 2.64. The lowest BCUT2D eigenvalue weighted by Gasteiger charge is -2.34. The molecule has 2 atom stereocenters. The van der Waals surface area contributed by atoms with Crippen molar-refractivity contribution < 1.29 is 18.0 Å². The lowest BCUT2D eigenvalue weighted by atomic mass is 9.92. The Hall–Kier alpha value is -3.01. The van der Waals surface area contributed by atoms with E-state index >= 15 is 0 Å². The summed E-state index contributed by atoms with van der Waals surface area (Å²) in [6.07, 6.45) is 1.18. The monoisotopic (exact) mass is 461 g/mol. The molecule has 2 radical (unpaired) electrons. The maximum Gasteiger partial charge on any atom is 0.255 e. The molecule has 0 aromatic heterocycles. The van der Waals surface area contributed by atoms with Crippen LogP contribution in [0.5, 0.6) is 0 Å². The molecule has 168 valence electrons. The van der Waals surface area contributed by atoms with Gasteiger partial charge in [0.15, 0.2) is 7.98 Å². The third-order valence-corrected chi connectivity index (χ3v) is 7.53. The average molecular weight is 461 g/mol. The van der Waals surface area contributed by atoms with Crippen molar-refractivity contribution >= 4 is 46.7 Å². The van der Waals surface area contributed by atoms with Crippen molar-refractivity contribution in [1.82, 2.24) is 9.53 Å². The van der Waals surface area contributed by atoms with Crippen LogP contribution in [0.25, 0.3) is 10.8 Å². The molecule has 9 heteroatoms. The summed E-state index contributed by atoms with van der Waals surface area (Å²) in [4.78, 5) is 25.9. The van der Waals surface area contributed by atoms with E-state index in [1.54, 1.807) is 42.5 Å². The zero-order valence-electron chi connectivity index (χ0n) is 18.2. The van der Waals surface area contributed by atoms with Crippen molar-refractivity contribution in [3.8, 4) is 0 Å². The second kappa shape index (κ2) is 9.47. The van der Waals surface area contributed by atoms with Gasteiger partial charge in [-0.3, -0.25) is 4.79 Å². The Morgan fingerprint density at radius 3 is 2.48 bits per heavy atom. The van der Waals surface area contributed by atoms with Crippen molar-refractivity contribution in [3.05, 3.63) is 71.8 Å². The highest BCUT2D eigenvalue weighted by atomic mass is 32.2. The van der Waals surface area contributed by atoms with E-state index in [-0.39, 0.29) is 10.8 Å². The number of nitrogens with one attached hydrogen (secondary N) is 2. The van der Waals surface area contributed by atoms with Gasteiger partial charge >= 0.3 is 0 Å². The molecule has 1 aliphatic rings. The molecule has 3 aromatic rings. The maximum atomic E-state index is 13.3. The molecule has 1 aliphatic heterocycles. The van der Waals surface area contributed by atoms with Crippen molar-refractivity contribution in [2.24, 2.45) is 5.92 Å². The number of fused-ring (bicyclic) bond motifs is 1.